The first kappa shape index (κ1) is 14.9. The molecule has 0 atom stereocenters. The molecule has 3 nitrogen and oxygen atoms in total. The lowest BCUT2D eigenvalue weighted by molar-refractivity contribution is 0.185. The predicted molar refractivity (Wildman–Crippen MR) is 82.6 cm³/mol. The van der Waals surface area contributed by atoms with Crippen LogP contribution in [0.2, 0.25) is 0 Å². The van der Waals surface area contributed by atoms with Crippen molar-refractivity contribution in [1.82, 2.24) is 4.90 Å². The quantitative estimate of drug-likeness (QED) is 0.858. The minimum Gasteiger partial charge on any atom is -0.497 e. The van der Waals surface area contributed by atoms with Gasteiger partial charge in [-0.2, -0.15) is 0 Å². The molecule has 0 aromatic heterocycles. The van der Waals surface area contributed by atoms with Crippen LogP contribution in [0.15, 0.2) is 18.2 Å². The lowest BCUT2D eigenvalue weighted by Crippen LogP contribution is -2.32. The van der Waals surface area contributed by atoms with E-state index in [0.29, 0.717) is 6.54 Å². The molecular weight excluding hydrogens is 248 g/mol. The van der Waals surface area contributed by atoms with Crippen LogP contribution in [0.5, 0.6) is 5.75 Å². The van der Waals surface area contributed by atoms with Crippen LogP contribution >= 0.6 is 0 Å². The van der Waals surface area contributed by atoms with Crippen LogP contribution in [0.1, 0.15) is 30.9 Å². The van der Waals surface area contributed by atoms with Crippen molar-refractivity contribution in [3.63, 3.8) is 0 Å². The largest absolute Gasteiger partial charge is 0.497 e. The summed E-state index contributed by atoms with van der Waals surface area (Å²) in [6, 6.07) is 6.09. The van der Waals surface area contributed by atoms with Gasteiger partial charge in [0.2, 0.25) is 0 Å². The Kier molecular flexibility index (Phi) is 5.46. The van der Waals surface area contributed by atoms with Crippen molar-refractivity contribution in [1.29, 1.82) is 0 Å². The van der Waals surface area contributed by atoms with Crippen molar-refractivity contribution in [3.05, 3.63) is 29.3 Å². The van der Waals surface area contributed by atoms with Crippen LogP contribution in [0.25, 0.3) is 0 Å². The van der Waals surface area contributed by atoms with Crippen molar-refractivity contribution in [2.24, 2.45) is 11.7 Å². The highest BCUT2D eigenvalue weighted by Gasteiger charge is 2.16. The lowest BCUT2D eigenvalue weighted by Gasteiger charge is -2.30. The van der Waals surface area contributed by atoms with Gasteiger partial charge in [0.05, 0.1) is 13.7 Å². The summed E-state index contributed by atoms with van der Waals surface area (Å²) in [5.41, 5.74) is 7.77. The molecule has 1 saturated heterocycles. The molecule has 0 aliphatic carbocycles. The highest BCUT2D eigenvalue weighted by atomic mass is 16.5. The summed E-state index contributed by atoms with van der Waals surface area (Å²) in [5.74, 6) is 7.86. The third-order valence-corrected chi connectivity index (χ3v) is 3.91. The van der Waals surface area contributed by atoms with E-state index in [0.717, 1.165) is 23.8 Å². The fraction of sp³-hybridized carbons (Fsp3) is 0.529. The molecule has 20 heavy (non-hydrogen) atoms. The van der Waals surface area contributed by atoms with Gasteiger partial charge >= 0.3 is 0 Å². The number of ether oxygens (including phenoxy) is 1. The Hall–Kier alpha value is -1.50. The van der Waals surface area contributed by atoms with Crippen LogP contribution in [0.4, 0.5) is 0 Å². The molecular formula is C17H24N2O. The second-order valence-corrected chi connectivity index (χ2v) is 5.49. The zero-order valence-corrected chi connectivity index (χ0v) is 12.5. The summed E-state index contributed by atoms with van der Waals surface area (Å²) in [4.78, 5) is 2.50. The summed E-state index contributed by atoms with van der Waals surface area (Å²) in [7, 11) is 1.70. The van der Waals surface area contributed by atoms with E-state index in [1.807, 2.05) is 12.1 Å². The van der Waals surface area contributed by atoms with Gasteiger partial charge in [0.1, 0.15) is 5.75 Å². The van der Waals surface area contributed by atoms with E-state index in [1.165, 1.54) is 31.5 Å². The number of benzene rings is 1. The molecule has 1 aromatic carbocycles. The van der Waals surface area contributed by atoms with Crippen molar-refractivity contribution < 1.29 is 4.74 Å². The number of methoxy groups -OCH3 is 1. The molecule has 0 bridgehead atoms. The number of piperidine rings is 1. The maximum Gasteiger partial charge on any atom is 0.119 e. The van der Waals surface area contributed by atoms with Gasteiger partial charge in [-0.25, -0.2) is 0 Å². The first-order chi connectivity index (χ1) is 9.72. The van der Waals surface area contributed by atoms with E-state index < -0.39 is 0 Å². The third kappa shape index (κ3) is 4.00. The van der Waals surface area contributed by atoms with Crippen molar-refractivity contribution >= 4 is 0 Å². The van der Waals surface area contributed by atoms with Gasteiger partial charge in [-0.05, 0) is 55.6 Å². The van der Waals surface area contributed by atoms with Crippen LogP contribution in [-0.4, -0.2) is 31.6 Å². The van der Waals surface area contributed by atoms with Gasteiger partial charge in [-0.15, -0.1) is 0 Å². The van der Waals surface area contributed by atoms with Gasteiger partial charge in [0.15, 0.2) is 0 Å². The molecule has 1 aromatic rings. The Bertz CT molecular complexity index is 493. The molecule has 0 spiro atoms. The predicted octanol–water partition coefficient (Wildman–Crippen LogP) is 2.24. The monoisotopic (exact) mass is 272 g/mol. The van der Waals surface area contributed by atoms with Gasteiger partial charge in [0, 0.05) is 12.1 Å². The molecule has 1 aliphatic heterocycles. The fourth-order valence-corrected chi connectivity index (χ4v) is 2.56. The highest BCUT2D eigenvalue weighted by molar-refractivity contribution is 5.45. The van der Waals surface area contributed by atoms with E-state index in [9.17, 15) is 0 Å². The SMILES string of the molecule is COc1ccc(C#CCN)c(CN2CCC(C)CC2)c1. The highest BCUT2D eigenvalue weighted by Crippen LogP contribution is 2.22. The van der Waals surface area contributed by atoms with Gasteiger partial charge in [-0.3, -0.25) is 4.90 Å². The minimum atomic E-state index is 0.396. The number of hydrogen-bond acceptors (Lipinski definition) is 3. The van der Waals surface area contributed by atoms with Gasteiger partial charge in [0.25, 0.3) is 0 Å². The minimum absolute atomic E-state index is 0.396. The molecule has 108 valence electrons. The number of nitrogens with zero attached hydrogens (tertiary/aromatic N) is 1. The normalized spacial score (nSPS) is 16.6. The molecule has 0 radical (unpaired) electrons. The van der Waals surface area contributed by atoms with E-state index in [-0.39, 0.29) is 0 Å². The molecule has 0 amide bonds. The molecule has 1 aliphatic rings. The van der Waals surface area contributed by atoms with Crippen molar-refractivity contribution in [2.75, 3.05) is 26.7 Å². The summed E-state index contributed by atoms with van der Waals surface area (Å²) < 4.78 is 5.33. The Morgan fingerprint density at radius 3 is 2.75 bits per heavy atom. The van der Waals surface area contributed by atoms with E-state index in [1.54, 1.807) is 7.11 Å². The maximum absolute atomic E-state index is 5.47. The Balaban J connectivity index is 2.15. The number of hydrogen-bond donors (Lipinski definition) is 1. The van der Waals surface area contributed by atoms with Gasteiger partial charge < -0.3 is 10.5 Å². The third-order valence-electron chi connectivity index (χ3n) is 3.91. The average Bonchev–Trinajstić information content (AvgIpc) is 2.48. The summed E-state index contributed by atoms with van der Waals surface area (Å²) in [5, 5.41) is 0. The summed E-state index contributed by atoms with van der Waals surface area (Å²) >= 11 is 0. The van der Waals surface area contributed by atoms with Gasteiger partial charge in [-0.1, -0.05) is 18.8 Å². The van der Waals surface area contributed by atoms with E-state index in [4.69, 9.17) is 10.5 Å². The Morgan fingerprint density at radius 2 is 2.10 bits per heavy atom. The first-order valence-electron chi connectivity index (χ1n) is 7.31. The number of nitrogens with two attached hydrogens (primary N) is 1. The van der Waals surface area contributed by atoms with Crippen LogP contribution < -0.4 is 10.5 Å². The molecule has 2 rings (SSSR count). The average molecular weight is 272 g/mol. The summed E-state index contributed by atoms with van der Waals surface area (Å²) in [6.07, 6.45) is 2.57. The second kappa shape index (κ2) is 7.33. The van der Waals surface area contributed by atoms with E-state index in [2.05, 4.69) is 29.7 Å². The number of likely N-dealkylation sites (tertiary alicyclic amines) is 1. The zero-order valence-electron chi connectivity index (χ0n) is 12.5. The standard InChI is InChI=1S/C17H24N2O/c1-14-7-10-19(11-8-14)13-16-12-17(20-2)6-5-15(16)4-3-9-18/h5-6,12,14H,7-11,13,18H2,1-2H3. The molecule has 1 heterocycles. The smallest absolute Gasteiger partial charge is 0.119 e. The first-order valence-corrected chi connectivity index (χ1v) is 7.31. The Morgan fingerprint density at radius 1 is 1.35 bits per heavy atom. The topological polar surface area (TPSA) is 38.5 Å². The molecule has 2 N–H and O–H groups in total. The fourth-order valence-electron chi connectivity index (χ4n) is 2.56. The van der Waals surface area contributed by atoms with Crippen molar-refractivity contribution in [2.45, 2.75) is 26.3 Å². The molecule has 0 saturated carbocycles. The maximum atomic E-state index is 5.47. The van der Waals surface area contributed by atoms with Crippen LogP contribution in [-0.2, 0) is 6.54 Å². The van der Waals surface area contributed by atoms with Crippen LogP contribution in [0.3, 0.4) is 0 Å². The van der Waals surface area contributed by atoms with E-state index >= 15 is 0 Å². The second-order valence-electron chi connectivity index (χ2n) is 5.49. The summed E-state index contributed by atoms with van der Waals surface area (Å²) in [6.45, 7) is 6.01. The van der Waals surface area contributed by atoms with Crippen molar-refractivity contribution in [3.8, 4) is 17.6 Å². The molecule has 0 unspecified atom stereocenters. The molecule has 1 fully saturated rings. The zero-order chi connectivity index (χ0) is 14.4. The van der Waals surface area contributed by atoms with Crippen LogP contribution in [0, 0.1) is 17.8 Å². The lowest BCUT2D eigenvalue weighted by atomic mass is 9.98. The molecule has 3 heteroatoms. The number of rotatable bonds is 3. The Labute approximate surface area is 122 Å².